The summed E-state index contributed by atoms with van der Waals surface area (Å²) < 4.78 is 16.7. The fraction of sp³-hybridized carbons (Fsp3) is 0.854. The van der Waals surface area contributed by atoms with Gasteiger partial charge < -0.3 is 19.5 Å². The van der Waals surface area contributed by atoms with E-state index in [4.69, 9.17) is 14.2 Å². The summed E-state index contributed by atoms with van der Waals surface area (Å²) >= 11 is 0. The zero-order valence-corrected chi connectivity index (χ0v) is 36.7. The second-order valence-corrected chi connectivity index (χ2v) is 16.0. The number of allylic oxidation sites excluding steroid dienone is 4. The summed E-state index contributed by atoms with van der Waals surface area (Å²) in [7, 11) is 0. The van der Waals surface area contributed by atoms with E-state index < -0.39 is 6.09 Å². The Balaban J connectivity index is 3.81. The van der Waals surface area contributed by atoms with E-state index in [1.807, 2.05) is 6.92 Å². The van der Waals surface area contributed by atoms with Crippen LogP contribution in [0.5, 0.6) is 0 Å². The van der Waals surface area contributed by atoms with Crippen molar-refractivity contribution in [1.29, 1.82) is 0 Å². The van der Waals surface area contributed by atoms with Gasteiger partial charge in [0.2, 0.25) is 0 Å². The lowest BCUT2D eigenvalue weighted by Gasteiger charge is -2.18. The van der Waals surface area contributed by atoms with Gasteiger partial charge in [0.25, 0.3) is 0 Å². The van der Waals surface area contributed by atoms with Crippen LogP contribution in [0.3, 0.4) is 0 Å². The largest absolute Gasteiger partial charge is 0.465 e. The van der Waals surface area contributed by atoms with Crippen LogP contribution in [0.25, 0.3) is 0 Å². The van der Waals surface area contributed by atoms with Crippen molar-refractivity contribution in [3.8, 4) is 0 Å². The number of hydrogen-bond acceptors (Lipinski definition) is 6. The SMILES string of the molecule is CCCCC/C=C\C/C=C\CCCCCCCC(=O)OCC(C)COC(=O)NCCCCCCCC(=O)OC(CCCCCCCC)CCCCCCCC. The molecule has 1 N–H and O–H groups in total. The van der Waals surface area contributed by atoms with Gasteiger partial charge in [-0.05, 0) is 77.0 Å². The van der Waals surface area contributed by atoms with Crippen LogP contribution in [-0.2, 0) is 23.8 Å². The number of alkyl carbamates (subject to hydrolysis) is 1. The van der Waals surface area contributed by atoms with Crippen molar-refractivity contribution in [3.63, 3.8) is 0 Å². The minimum Gasteiger partial charge on any atom is -0.465 e. The van der Waals surface area contributed by atoms with E-state index in [0.717, 1.165) is 89.9 Å². The quantitative estimate of drug-likeness (QED) is 0.0288. The Morgan fingerprint density at radius 2 is 0.927 bits per heavy atom. The molecular formula is C48H89NO6. The molecule has 55 heavy (non-hydrogen) atoms. The van der Waals surface area contributed by atoms with Gasteiger partial charge in [-0.25, -0.2) is 4.79 Å². The van der Waals surface area contributed by atoms with Gasteiger partial charge in [0.15, 0.2) is 0 Å². The van der Waals surface area contributed by atoms with E-state index >= 15 is 0 Å². The lowest BCUT2D eigenvalue weighted by atomic mass is 10.0. The van der Waals surface area contributed by atoms with Gasteiger partial charge in [-0.15, -0.1) is 0 Å². The van der Waals surface area contributed by atoms with Gasteiger partial charge in [-0.1, -0.05) is 168 Å². The van der Waals surface area contributed by atoms with Crippen molar-refractivity contribution in [2.75, 3.05) is 19.8 Å². The van der Waals surface area contributed by atoms with Crippen LogP contribution >= 0.6 is 0 Å². The van der Waals surface area contributed by atoms with Crippen LogP contribution in [0.15, 0.2) is 24.3 Å². The number of amides is 1. The highest BCUT2D eigenvalue weighted by molar-refractivity contribution is 5.69. The summed E-state index contributed by atoms with van der Waals surface area (Å²) in [6.45, 7) is 9.70. The first kappa shape index (κ1) is 52.7. The zero-order chi connectivity index (χ0) is 40.3. The highest BCUT2D eigenvalue weighted by atomic mass is 16.6. The highest BCUT2D eigenvalue weighted by Crippen LogP contribution is 2.18. The predicted molar refractivity (Wildman–Crippen MR) is 232 cm³/mol. The van der Waals surface area contributed by atoms with E-state index in [0.29, 0.717) is 19.4 Å². The maximum absolute atomic E-state index is 12.6. The molecule has 0 aliphatic rings. The number of ether oxygens (including phenoxy) is 3. The number of nitrogens with one attached hydrogen (secondary N) is 1. The molecule has 0 saturated heterocycles. The van der Waals surface area contributed by atoms with Crippen LogP contribution in [0.1, 0.15) is 233 Å². The minimum atomic E-state index is -0.428. The normalized spacial score (nSPS) is 12.2. The first-order chi connectivity index (χ1) is 26.9. The summed E-state index contributed by atoms with van der Waals surface area (Å²) in [5.74, 6) is -0.255. The third kappa shape index (κ3) is 41.2. The van der Waals surface area contributed by atoms with E-state index in [9.17, 15) is 14.4 Å². The van der Waals surface area contributed by atoms with E-state index in [-0.39, 0.29) is 37.2 Å². The number of unbranched alkanes of at least 4 members (excludes halogenated alkanes) is 22. The standard InChI is InChI=1S/C48H89NO6/c1-5-8-11-14-17-18-19-20-21-22-23-24-25-29-34-39-46(50)53-42-44(4)43-54-48(52)49-41-36-31-26-30-35-40-47(51)55-45(37-32-27-15-12-9-6-2)38-33-28-16-13-10-7-3/h17-18,20-21,44-45H,5-16,19,22-43H2,1-4H3,(H,49,52)/b18-17-,21-20-. The number of carbonyl (C=O) groups is 3. The Labute approximate surface area is 340 Å². The van der Waals surface area contributed by atoms with Crippen molar-refractivity contribution in [2.24, 2.45) is 5.92 Å². The van der Waals surface area contributed by atoms with Gasteiger partial charge in [0, 0.05) is 25.3 Å². The third-order valence-corrected chi connectivity index (χ3v) is 10.2. The predicted octanol–water partition coefficient (Wildman–Crippen LogP) is 14.5. The Morgan fingerprint density at radius 1 is 0.491 bits per heavy atom. The highest BCUT2D eigenvalue weighted by Gasteiger charge is 2.15. The molecule has 1 amide bonds. The molecule has 7 heteroatoms. The Bertz CT molecular complexity index is 902. The van der Waals surface area contributed by atoms with Gasteiger partial charge >= 0.3 is 18.0 Å². The molecule has 7 nitrogen and oxygen atoms in total. The average Bonchev–Trinajstić information content (AvgIpc) is 3.18. The monoisotopic (exact) mass is 776 g/mol. The molecular weight excluding hydrogens is 687 g/mol. The molecule has 0 heterocycles. The van der Waals surface area contributed by atoms with Gasteiger partial charge in [0.1, 0.15) is 6.10 Å². The molecule has 1 atom stereocenters. The lowest BCUT2D eigenvalue weighted by molar-refractivity contribution is -0.150. The Morgan fingerprint density at radius 3 is 1.51 bits per heavy atom. The minimum absolute atomic E-state index is 0.0349. The van der Waals surface area contributed by atoms with Crippen LogP contribution in [0.4, 0.5) is 4.79 Å². The van der Waals surface area contributed by atoms with Crippen LogP contribution in [-0.4, -0.2) is 43.9 Å². The fourth-order valence-corrected chi connectivity index (χ4v) is 6.63. The first-order valence-electron chi connectivity index (χ1n) is 23.5. The molecule has 0 saturated carbocycles. The molecule has 0 bridgehead atoms. The number of hydrogen-bond donors (Lipinski definition) is 1. The van der Waals surface area contributed by atoms with E-state index in [1.165, 1.54) is 103 Å². The summed E-state index contributed by atoms with van der Waals surface area (Å²) in [5, 5.41) is 2.82. The molecule has 0 aromatic carbocycles. The number of carbonyl (C=O) groups excluding carboxylic acids is 3. The van der Waals surface area contributed by atoms with Gasteiger partial charge in [0.05, 0.1) is 13.2 Å². The number of rotatable bonds is 41. The van der Waals surface area contributed by atoms with Crippen molar-refractivity contribution in [3.05, 3.63) is 24.3 Å². The molecule has 0 radical (unpaired) electrons. The smallest absolute Gasteiger partial charge is 0.407 e. The van der Waals surface area contributed by atoms with Crippen molar-refractivity contribution < 1.29 is 28.6 Å². The number of esters is 2. The lowest BCUT2D eigenvalue weighted by Crippen LogP contribution is -2.28. The van der Waals surface area contributed by atoms with Crippen molar-refractivity contribution in [1.82, 2.24) is 5.32 Å². The summed E-state index contributed by atoms with van der Waals surface area (Å²) in [5.41, 5.74) is 0. The second kappa shape index (κ2) is 42.8. The molecule has 0 fully saturated rings. The summed E-state index contributed by atoms with van der Waals surface area (Å²) in [4.78, 5) is 36.8. The fourth-order valence-electron chi connectivity index (χ4n) is 6.63. The maximum atomic E-state index is 12.6. The van der Waals surface area contributed by atoms with Crippen LogP contribution in [0, 0.1) is 5.92 Å². The molecule has 0 spiro atoms. The molecule has 0 aromatic heterocycles. The Hall–Kier alpha value is -2.31. The van der Waals surface area contributed by atoms with E-state index in [2.05, 4.69) is 50.4 Å². The van der Waals surface area contributed by atoms with Crippen LogP contribution < -0.4 is 5.32 Å². The molecule has 0 rings (SSSR count). The third-order valence-electron chi connectivity index (χ3n) is 10.2. The first-order valence-corrected chi connectivity index (χ1v) is 23.5. The molecule has 322 valence electrons. The van der Waals surface area contributed by atoms with Crippen molar-refractivity contribution in [2.45, 2.75) is 239 Å². The Kier molecular flexibility index (Phi) is 41.0. The second-order valence-electron chi connectivity index (χ2n) is 16.0. The summed E-state index contributed by atoms with van der Waals surface area (Å²) in [6, 6.07) is 0. The topological polar surface area (TPSA) is 90.9 Å². The molecule has 1 unspecified atom stereocenters. The zero-order valence-electron chi connectivity index (χ0n) is 36.7. The molecule has 0 aromatic rings. The van der Waals surface area contributed by atoms with Gasteiger partial charge in [-0.2, -0.15) is 0 Å². The van der Waals surface area contributed by atoms with Crippen LogP contribution in [0.2, 0.25) is 0 Å². The molecule has 0 aliphatic heterocycles. The molecule has 0 aliphatic carbocycles. The maximum Gasteiger partial charge on any atom is 0.407 e. The van der Waals surface area contributed by atoms with Crippen molar-refractivity contribution >= 4 is 18.0 Å². The van der Waals surface area contributed by atoms with E-state index in [1.54, 1.807) is 0 Å². The average molecular weight is 776 g/mol. The summed E-state index contributed by atoms with van der Waals surface area (Å²) in [6.07, 6.45) is 44.4. The van der Waals surface area contributed by atoms with Gasteiger partial charge in [-0.3, -0.25) is 9.59 Å².